The van der Waals surface area contributed by atoms with Crippen LogP contribution in [0, 0.1) is 10.1 Å². The summed E-state index contributed by atoms with van der Waals surface area (Å²) >= 11 is 13.9. The molecular formula is C20H20Cl3N5O3S. The van der Waals surface area contributed by atoms with Crippen molar-refractivity contribution in [2.75, 3.05) is 44.2 Å². The van der Waals surface area contributed by atoms with Crippen molar-refractivity contribution in [1.82, 2.24) is 15.2 Å². The van der Waals surface area contributed by atoms with Gasteiger partial charge >= 0.3 is 0 Å². The highest BCUT2D eigenvalue weighted by Crippen LogP contribution is 2.33. The first kappa shape index (κ1) is 24.5. The summed E-state index contributed by atoms with van der Waals surface area (Å²) in [7, 11) is 0. The first-order chi connectivity index (χ1) is 14.9. The summed E-state index contributed by atoms with van der Waals surface area (Å²) in [4.78, 5) is 31.9. The van der Waals surface area contributed by atoms with Gasteiger partial charge in [-0.2, -0.15) is 0 Å². The molecule has 0 unspecified atom stereocenters. The molecule has 1 fully saturated rings. The molecular weight excluding hydrogens is 497 g/mol. The Balaban J connectivity index is 0.00000289. The van der Waals surface area contributed by atoms with Crippen molar-refractivity contribution in [1.29, 1.82) is 0 Å². The third-order valence-electron chi connectivity index (χ3n) is 5.12. The van der Waals surface area contributed by atoms with E-state index in [-0.39, 0.29) is 28.7 Å². The Morgan fingerprint density at radius 2 is 1.91 bits per heavy atom. The van der Waals surface area contributed by atoms with Gasteiger partial charge in [-0.25, -0.2) is 4.98 Å². The zero-order chi connectivity index (χ0) is 22.0. The Hall–Kier alpha value is -2.17. The molecule has 8 nitrogen and oxygen atoms in total. The topological polar surface area (TPSA) is 91.6 Å². The Kier molecular flexibility index (Phi) is 8.13. The second-order valence-corrected chi connectivity index (χ2v) is 8.91. The number of rotatable bonds is 6. The Morgan fingerprint density at radius 3 is 2.59 bits per heavy atom. The average Bonchev–Trinajstić information content (AvgIpc) is 3.20. The number of carbonyl (C=O) groups is 1. The number of anilines is 1. The van der Waals surface area contributed by atoms with E-state index in [1.165, 1.54) is 18.2 Å². The van der Waals surface area contributed by atoms with Crippen molar-refractivity contribution >= 4 is 73.9 Å². The van der Waals surface area contributed by atoms with Gasteiger partial charge in [0.15, 0.2) is 5.13 Å². The lowest BCUT2D eigenvalue weighted by Crippen LogP contribution is -2.48. The second kappa shape index (κ2) is 10.6. The maximum absolute atomic E-state index is 12.4. The van der Waals surface area contributed by atoms with E-state index in [0.717, 1.165) is 41.5 Å². The van der Waals surface area contributed by atoms with Gasteiger partial charge in [-0.3, -0.25) is 19.8 Å². The Labute approximate surface area is 204 Å². The number of aromatic nitrogens is 1. The average molecular weight is 517 g/mol. The normalized spacial score (nSPS) is 14.2. The molecule has 1 amide bonds. The standard InChI is InChI=1S/C20H19Cl2N5O3S.ClH/c21-15-5-4-13(27(29)30)12-14(15)19(28)23-6-7-25-8-10-26(11-9-25)20-24-18-16(22)2-1-3-17(18)31-20;/h1-5,12H,6-11H2,(H,23,28);1H. The number of hydrogen-bond donors (Lipinski definition) is 1. The van der Waals surface area contributed by atoms with Crippen LogP contribution in [0.4, 0.5) is 10.8 Å². The summed E-state index contributed by atoms with van der Waals surface area (Å²) in [5, 5.41) is 15.5. The number of halogens is 3. The van der Waals surface area contributed by atoms with Gasteiger partial charge in [0.1, 0.15) is 5.52 Å². The lowest BCUT2D eigenvalue weighted by molar-refractivity contribution is -0.384. The van der Waals surface area contributed by atoms with E-state index < -0.39 is 10.8 Å². The smallest absolute Gasteiger partial charge is 0.270 e. The minimum atomic E-state index is -0.550. The second-order valence-electron chi connectivity index (χ2n) is 7.09. The number of para-hydroxylation sites is 1. The van der Waals surface area contributed by atoms with Crippen LogP contribution in [-0.2, 0) is 0 Å². The number of nitrogens with one attached hydrogen (secondary N) is 1. The van der Waals surface area contributed by atoms with Crippen LogP contribution >= 0.6 is 46.9 Å². The van der Waals surface area contributed by atoms with Crippen molar-refractivity contribution in [3.63, 3.8) is 0 Å². The third kappa shape index (κ3) is 5.41. The van der Waals surface area contributed by atoms with E-state index in [1.54, 1.807) is 11.3 Å². The predicted octanol–water partition coefficient (Wildman–Crippen LogP) is 4.49. The maximum atomic E-state index is 12.4. The number of piperazine rings is 1. The van der Waals surface area contributed by atoms with Gasteiger partial charge in [-0.1, -0.05) is 40.6 Å². The molecule has 4 rings (SSSR count). The molecule has 12 heteroatoms. The first-order valence-corrected chi connectivity index (χ1v) is 11.2. The third-order valence-corrected chi connectivity index (χ3v) is 6.84. The van der Waals surface area contributed by atoms with E-state index in [0.29, 0.717) is 18.1 Å². The summed E-state index contributed by atoms with van der Waals surface area (Å²) in [5.74, 6) is -0.418. The molecule has 0 spiro atoms. The number of benzene rings is 2. The number of hydrogen-bond acceptors (Lipinski definition) is 7. The molecule has 2 aromatic carbocycles. The molecule has 1 N–H and O–H groups in total. The zero-order valence-corrected chi connectivity index (χ0v) is 19.9. The van der Waals surface area contributed by atoms with Gasteiger partial charge < -0.3 is 10.2 Å². The molecule has 32 heavy (non-hydrogen) atoms. The van der Waals surface area contributed by atoms with Gasteiger partial charge in [-0.15, -0.1) is 12.4 Å². The lowest BCUT2D eigenvalue weighted by atomic mass is 10.2. The molecule has 0 atom stereocenters. The number of amides is 1. The van der Waals surface area contributed by atoms with E-state index in [4.69, 9.17) is 23.2 Å². The predicted molar refractivity (Wildman–Crippen MR) is 131 cm³/mol. The molecule has 2 heterocycles. The Morgan fingerprint density at radius 1 is 1.16 bits per heavy atom. The van der Waals surface area contributed by atoms with Gasteiger partial charge in [0.25, 0.3) is 11.6 Å². The number of nitrogens with zero attached hydrogens (tertiary/aromatic N) is 4. The number of carbonyl (C=O) groups excluding carboxylic acids is 1. The maximum Gasteiger partial charge on any atom is 0.270 e. The molecule has 0 radical (unpaired) electrons. The Bertz CT molecular complexity index is 1130. The summed E-state index contributed by atoms with van der Waals surface area (Å²) in [6.07, 6.45) is 0. The highest BCUT2D eigenvalue weighted by Gasteiger charge is 2.21. The van der Waals surface area contributed by atoms with Crippen LogP contribution < -0.4 is 10.2 Å². The van der Waals surface area contributed by atoms with Gasteiger partial charge in [-0.05, 0) is 18.2 Å². The van der Waals surface area contributed by atoms with Crippen molar-refractivity contribution in [2.45, 2.75) is 0 Å². The summed E-state index contributed by atoms with van der Waals surface area (Å²) in [5.41, 5.74) is 0.783. The number of fused-ring (bicyclic) bond motifs is 1. The molecule has 1 aliphatic heterocycles. The summed E-state index contributed by atoms with van der Waals surface area (Å²) < 4.78 is 1.08. The van der Waals surface area contributed by atoms with Crippen LogP contribution in [0.15, 0.2) is 36.4 Å². The van der Waals surface area contributed by atoms with Crippen LogP contribution in [0.3, 0.4) is 0 Å². The number of nitro groups is 1. The summed E-state index contributed by atoms with van der Waals surface area (Å²) in [6.45, 7) is 4.46. The molecule has 3 aromatic rings. The summed E-state index contributed by atoms with van der Waals surface area (Å²) in [6, 6.07) is 9.64. The molecule has 1 aromatic heterocycles. The minimum absolute atomic E-state index is 0. The van der Waals surface area contributed by atoms with Crippen LogP contribution in [0.2, 0.25) is 10.0 Å². The minimum Gasteiger partial charge on any atom is -0.351 e. The quantitative estimate of drug-likeness (QED) is 0.383. The van der Waals surface area contributed by atoms with E-state index in [1.807, 2.05) is 18.2 Å². The first-order valence-electron chi connectivity index (χ1n) is 9.67. The SMILES string of the molecule is Cl.O=C(NCCN1CCN(c2nc3c(Cl)cccc3s2)CC1)c1cc([N+](=O)[O-])ccc1Cl. The molecule has 1 saturated heterocycles. The molecule has 0 aliphatic carbocycles. The van der Waals surface area contributed by atoms with E-state index in [9.17, 15) is 14.9 Å². The largest absolute Gasteiger partial charge is 0.351 e. The van der Waals surface area contributed by atoms with Crippen molar-refractivity contribution in [2.24, 2.45) is 0 Å². The van der Waals surface area contributed by atoms with Gasteiger partial charge in [0, 0.05) is 51.4 Å². The van der Waals surface area contributed by atoms with Crippen molar-refractivity contribution in [3.8, 4) is 0 Å². The molecule has 0 saturated carbocycles. The van der Waals surface area contributed by atoms with Crippen LogP contribution in [0.1, 0.15) is 10.4 Å². The highest BCUT2D eigenvalue weighted by atomic mass is 35.5. The fraction of sp³-hybridized carbons (Fsp3) is 0.300. The number of non-ortho nitro benzene ring substituents is 1. The van der Waals surface area contributed by atoms with Crippen molar-refractivity contribution < 1.29 is 9.72 Å². The molecule has 170 valence electrons. The van der Waals surface area contributed by atoms with E-state index in [2.05, 4.69) is 20.1 Å². The van der Waals surface area contributed by atoms with Gasteiger partial charge in [0.05, 0.1) is 25.2 Å². The molecule has 1 aliphatic rings. The highest BCUT2D eigenvalue weighted by molar-refractivity contribution is 7.22. The fourth-order valence-electron chi connectivity index (χ4n) is 3.42. The monoisotopic (exact) mass is 515 g/mol. The van der Waals surface area contributed by atoms with Crippen molar-refractivity contribution in [3.05, 3.63) is 62.1 Å². The lowest BCUT2D eigenvalue weighted by Gasteiger charge is -2.34. The number of nitro benzene ring substituents is 1. The van der Waals surface area contributed by atoms with E-state index >= 15 is 0 Å². The van der Waals surface area contributed by atoms with Crippen LogP contribution in [-0.4, -0.2) is 60.0 Å². The van der Waals surface area contributed by atoms with Gasteiger partial charge in [0.2, 0.25) is 0 Å². The van der Waals surface area contributed by atoms with Crippen LogP contribution in [0.5, 0.6) is 0 Å². The zero-order valence-electron chi connectivity index (χ0n) is 16.8. The number of thiazole rings is 1. The fourth-order valence-corrected chi connectivity index (χ4v) is 4.95. The molecule has 0 bridgehead atoms. The van der Waals surface area contributed by atoms with Crippen LogP contribution in [0.25, 0.3) is 10.2 Å².